The smallest absolute Gasteiger partial charge is 0.244 e. The number of nitrogens with one attached hydrogen (secondary N) is 1. The number of primary amides is 1. The van der Waals surface area contributed by atoms with E-state index in [2.05, 4.69) is 10.3 Å². The van der Waals surface area contributed by atoms with Gasteiger partial charge in [0.2, 0.25) is 22.4 Å². The summed E-state index contributed by atoms with van der Waals surface area (Å²) in [7, 11) is -3.97. The van der Waals surface area contributed by atoms with Gasteiger partial charge in [-0.3, -0.25) is 9.79 Å². The van der Waals surface area contributed by atoms with Crippen LogP contribution >= 0.6 is 23.2 Å². The van der Waals surface area contributed by atoms with E-state index in [1.165, 1.54) is 4.31 Å². The van der Waals surface area contributed by atoms with Gasteiger partial charge >= 0.3 is 0 Å². The average molecular weight is 523 g/mol. The first-order valence-corrected chi connectivity index (χ1v) is 12.9. The van der Waals surface area contributed by atoms with Gasteiger partial charge < -0.3 is 11.1 Å². The zero-order valence-corrected chi connectivity index (χ0v) is 20.6. The van der Waals surface area contributed by atoms with E-state index in [0.717, 1.165) is 0 Å². The number of halogens is 4. The van der Waals surface area contributed by atoms with Crippen molar-refractivity contribution in [1.82, 2.24) is 9.62 Å². The summed E-state index contributed by atoms with van der Waals surface area (Å²) in [5, 5.41) is 3.92. The molecule has 182 valence electrons. The summed E-state index contributed by atoms with van der Waals surface area (Å²) < 4.78 is 53.3. The van der Waals surface area contributed by atoms with E-state index in [9.17, 15) is 22.0 Å². The summed E-state index contributed by atoms with van der Waals surface area (Å²) in [6.45, 7) is 3.69. The number of carbonyl (C=O) groups excluding carboxylic acids is 1. The van der Waals surface area contributed by atoms with Gasteiger partial charge in [-0.15, -0.1) is 0 Å². The predicted octanol–water partition coefficient (Wildman–Crippen LogP) is 3.34. The standard InChI is InChI=1S/C21H26Cl2F2N4O3S/c1-19(2)16(17(26)30)27-18(28-19)20-9-21(10-20,11-20)29(33(31,32)6-5-15(24)25)8-12-3-4-13(22)14(23)7-12/h3-4,7,15-16H,5-6,8-11H2,1-2H3,(H2,26,30)(H,27,28)/t16-,20?,21?/m0/s1. The van der Waals surface area contributed by atoms with E-state index < -0.39 is 51.6 Å². The quantitative estimate of drug-likeness (QED) is 0.518. The van der Waals surface area contributed by atoms with Crippen LogP contribution in [-0.4, -0.2) is 53.8 Å². The fourth-order valence-electron chi connectivity index (χ4n) is 5.35. The van der Waals surface area contributed by atoms with E-state index in [1.807, 2.05) is 13.8 Å². The number of aliphatic imine (C=N–C) groups is 1. The van der Waals surface area contributed by atoms with Crippen molar-refractivity contribution in [3.05, 3.63) is 33.8 Å². The van der Waals surface area contributed by atoms with Crippen LogP contribution in [-0.2, 0) is 21.4 Å². The lowest BCUT2D eigenvalue weighted by atomic mass is 9.38. The highest BCUT2D eigenvalue weighted by Crippen LogP contribution is 2.71. The number of nitrogens with two attached hydrogens (primary N) is 1. The second kappa shape index (κ2) is 8.03. The minimum absolute atomic E-state index is 0.00779. The maximum Gasteiger partial charge on any atom is 0.244 e. The van der Waals surface area contributed by atoms with Crippen LogP contribution in [0.2, 0.25) is 10.0 Å². The molecule has 33 heavy (non-hydrogen) atoms. The van der Waals surface area contributed by atoms with Crippen molar-refractivity contribution in [2.24, 2.45) is 16.1 Å². The van der Waals surface area contributed by atoms with Gasteiger partial charge in [-0.25, -0.2) is 17.2 Å². The molecule has 0 saturated heterocycles. The second-order valence-corrected chi connectivity index (χ2v) is 12.7. The predicted molar refractivity (Wildman–Crippen MR) is 123 cm³/mol. The van der Waals surface area contributed by atoms with E-state index in [-0.39, 0.29) is 17.0 Å². The number of nitrogens with zero attached hydrogens (tertiary/aromatic N) is 2. The molecule has 0 unspecified atom stereocenters. The Hall–Kier alpha value is -1.49. The van der Waals surface area contributed by atoms with Gasteiger partial charge in [0.25, 0.3) is 0 Å². The fourth-order valence-corrected chi connectivity index (χ4v) is 7.49. The lowest BCUT2D eigenvalue weighted by molar-refractivity contribution is -0.151. The van der Waals surface area contributed by atoms with Crippen LogP contribution in [0.15, 0.2) is 23.2 Å². The average Bonchev–Trinajstić information content (AvgIpc) is 2.95. The topological polar surface area (TPSA) is 105 Å². The molecule has 2 bridgehead atoms. The zero-order chi connectivity index (χ0) is 24.4. The van der Waals surface area contributed by atoms with Crippen LogP contribution in [0.3, 0.4) is 0 Å². The third kappa shape index (κ3) is 4.24. The minimum Gasteiger partial charge on any atom is -0.368 e. The van der Waals surface area contributed by atoms with Crippen LogP contribution < -0.4 is 11.1 Å². The monoisotopic (exact) mass is 522 g/mol. The lowest BCUT2D eigenvalue weighted by Gasteiger charge is -2.73. The molecule has 3 aliphatic carbocycles. The normalized spacial score (nSPS) is 29.9. The zero-order valence-electron chi connectivity index (χ0n) is 18.2. The molecular weight excluding hydrogens is 497 g/mol. The molecule has 12 heteroatoms. The van der Waals surface area contributed by atoms with Crippen molar-refractivity contribution in [2.75, 3.05) is 5.75 Å². The van der Waals surface area contributed by atoms with Crippen molar-refractivity contribution in [2.45, 2.75) is 69.6 Å². The number of amides is 1. The van der Waals surface area contributed by atoms with Crippen LogP contribution in [0.4, 0.5) is 8.78 Å². The highest BCUT2D eigenvalue weighted by Gasteiger charge is 2.75. The summed E-state index contributed by atoms with van der Waals surface area (Å²) in [5.41, 5.74) is 4.43. The first-order valence-electron chi connectivity index (χ1n) is 10.6. The number of sulfonamides is 1. The Labute approximate surface area is 201 Å². The molecule has 7 nitrogen and oxygen atoms in total. The molecule has 1 aromatic rings. The first kappa shape index (κ1) is 24.6. The molecule has 1 atom stereocenters. The Morgan fingerprint density at radius 3 is 2.42 bits per heavy atom. The summed E-state index contributed by atoms with van der Waals surface area (Å²) in [6.07, 6.45) is -1.98. The molecule has 4 aliphatic rings. The Balaban J connectivity index is 1.58. The molecule has 5 rings (SSSR count). The molecule has 1 heterocycles. The number of hydrogen-bond acceptors (Lipinski definition) is 5. The van der Waals surface area contributed by atoms with Crippen molar-refractivity contribution in [1.29, 1.82) is 0 Å². The Morgan fingerprint density at radius 1 is 1.27 bits per heavy atom. The fraction of sp³-hybridized carbons (Fsp3) is 0.619. The van der Waals surface area contributed by atoms with Gasteiger partial charge in [-0.05, 0) is 50.8 Å². The number of hydrogen-bond donors (Lipinski definition) is 2. The SMILES string of the molecule is CC1(C)NC(C23CC(N(Cc4ccc(Cl)c(Cl)c4)S(=O)(=O)CCC(F)F)(C2)C3)=N[C@H]1C(N)=O. The molecular formula is C21H26Cl2F2N4O3S. The second-order valence-electron chi connectivity index (χ2n) is 9.92. The molecule has 0 radical (unpaired) electrons. The number of benzene rings is 1. The maximum atomic E-state index is 13.2. The van der Waals surface area contributed by atoms with Crippen LogP contribution in [0, 0.1) is 5.41 Å². The van der Waals surface area contributed by atoms with E-state index in [4.69, 9.17) is 28.9 Å². The minimum atomic E-state index is -3.97. The number of rotatable bonds is 9. The van der Waals surface area contributed by atoms with Gasteiger partial charge in [-0.1, -0.05) is 29.3 Å². The number of alkyl halides is 2. The molecule has 1 aromatic carbocycles. The van der Waals surface area contributed by atoms with Gasteiger partial charge in [-0.2, -0.15) is 4.31 Å². The number of amidine groups is 1. The Morgan fingerprint density at radius 2 is 1.91 bits per heavy atom. The molecule has 1 aliphatic heterocycles. The van der Waals surface area contributed by atoms with Crippen molar-refractivity contribution in [3.63, 3.8) is 0 Å². The summed E-state index contributed by atoms with van der Waals surface area (Å²) >= 11 is 12.1. The molecule has 3 fully saturated rings. The number of carbonyl (C=O) groups is 1. The largest absolute Gasteiger partial charge is 0.368 e. The summed E-state index contributed by atoms with van der Waals surface area (Å²) in [4.78, 5) is 16.3. The Bertz CT molecular complexity index is 1110. The molecule has 1 amide bonds. The maximum absolute atomic E-state index is 13.2. The van der Waals surface area contributed by atoms with Crippen LogP contribution in [0.25, 0.3) is 0 Å². The molecule has 3 saturated carbocycles. The molecule has 3 N–H and O–H groups in total. The van der Waals surface area contributed by atoms with Crippen molar-refractivity contribution in [3.8, 4) is 0 Å². The molecule has 0 aromatic heterocycles. The van der Waals surface area contributed by atoms with Crippen molar-refractivity contribution >= 4 is 45.0 Å². The highest BCUT2D eigenvalue weighted by molar-refractivity contribution is 7.89. The van der Waals surface area contributed by atoms with Crippen LogP contribution in [0.1, 0.15) is 45.1 Å². The van der Waals surface area contributed by atoms with E-state index in [1.54, 1.807) is 18.2 Å². The van der Waals surface area contributed by atoms with Gasteiger partial charge in [0.1, 0.15) is 5.84 Å². The van der Waals surface area contributed by atoms with Crippen molar-refractivity contribution < 1.29 is 22.0 Å². The van der Waals surface area contributed by atoms with Gasteiger partial charge in [0, 0.05) is 23.9 Å². The molecule has 0 spiro atoms. The summed E-state index contributed by atoms with van der Waals surface area (Å²) in [6, 6.07) is 4.13. The van der Waals surface area contributed by atoms with E-state index >= 15 is 0 Å². The third-order valence-electron chi connectivity index (χ3n) is 6.93. The van der Waals surface area contributed by atoms with E-state index in [0.29, 0.717) is 35.7 Å². The lowest BCUT2D eigenvalue weighted by Crippen LogP contribution is -2.78. The van der Waals surface area contributed by atoms with Gasteiger partial charge in [0.05, 0.1) is 21.3 Å². The third-order valence-corrected chi connectivity index (χ3v) is 9.60. The van der Waals surface area contributed by atoms with Crippen LogP contribution in [0.5, 0.6) is 0 Å². The first-order chi connectivity index (χ1) is 15.2. The highest BCUT2D eigenvalue weighted by atomic mass is 35.5. The van der Waals surface area contributed by atoms with Gasteiger partial charge in [0.15, 0.2) is 6.04 Å². The summed E-state index contributed by atoms with van der Waals surface area (Å²) in [5.74, 6) is -0.506. The Kier molecular flexibility index (Phi) is 6.00.